The number of nitrogens with zero attached hydrogens (tertiary/aromatic N) is 1. The van der Waals surface area contributed by atoms with Crippen LogP contribution in [0.2, 0.25) is 0 Å². The van der Waals surface area contributed by atoms with Crippen molar-refractivity contribution in [1.82, 2.24) is 10.2 Å². The summed E-state index contributed by atoms with van der Waals surface area (Å²) < 4.78 is 6.38. The third kappa shape index (κ3) is 5.21. The minimum Gasteiger partial charge on any atom is -0.486 e. The number of aromatic nitrogens is 2. The zero-order valence-corrected chi connectivity index (χ0v) is 17.9. The Morgan fingerprint density at radius 3 is 2.57 bits per heavy atom. The number of nitrogens with one attached hydrogen (secondary N) is 1. The highest BCUT2D eigenvalue weighted by Crippen LogP contribution is 2.32. The molecular weight excluding hydrogens is 376 g/mol. The second-order valence-corrected chi connectivity index (χ2v) is 8.02. The van der Waals surface area contributed by atoms with E-state index in [2.05, 4.69) is 54.9 Å². The molecule has 1 heterocycles. The van der Waals surface area contributed by atoms with Crippen molar-refractivity contribution in [3.8, 4) is 17.6 Å². The van der Waals surface area contributed by atoms with Crippen molar-refractivity contribution >= 4 is 16.9 Å². The highest BCUT2D eigenvalue weighted by Gasteiger charge is 2.18. The fourth-order valence-corrected chi connectivity index (χ4v) is 3.67. The molecule has 0 bridgehead atoms. The van der Waals surface area contributed by atoms with Crippen LogP contribution in [0.1, 0.15) is 62.3 Å². The number of rotatable bonds is 8. The number of H-pyrrole nitrogens is 1. The molecule has 2 unspecified atom stereocenters. The number of benzene rings is 2. The summed E-state index contributed by atoms with van der Waals surface area (Å²) in [6.45, 7) is 8.16. The molecule has 0 aliphatic rings. The summed E-state index contributed by atoms with van der Waals surface area (Å²) in [5.41, 5.74) is 4.20. The van der Waals surface area contributed by atoms with Crippen LogP contribution in [-0.4, -0.2) is 21.3 Å². The average Bonchev–Trinajstić information content (AvgIpc) is 3.16. The van der Waals surface area contributed by atoms with Gasteiger partial charge in [0.25, 0.3) is 0 Å². The van der Waals surface area contributed by atoms with Gasteiger partial charge in [-0.05, 0) is 61.1 Å². The molecule has 0 aliphatic heterocycles. The van der Waals surface area contributed by atoms with Crippen LogP contribution in [0.4, 0.5) is 0 Å². The van der Waals surface area contributed by atoms with E-state index in [1.54, 1.807) is 6.92 Å². The lowest BCUT2D eigenvalue weighted by Gasteiger charge is -2.22. The Balaban J connectivity index is 1.85. The maximum Gasteiger partial charge on any atom is 0.304 e. The van der Waals surface area contributed by atoms with Crippen molar-refractivity contribution in [2.24, 2.45) is 5.92 Å². The van der Waals surface area contributed by atoms with Gasteiger partial charge in [0.2, 0.25) is 0 Å². The summed E-state index contributed by atoms with van der Waals surface area (Å²) in [6.07, 6.45) is 2.62. The summed E-state index contributed by atoms with van der Waals surface area (Å²) in [6, 6.07) is 11.9. The Morgan fingerprint density at radius 1 is 1.20 bits per heavy atom. The second-order valence-electron chi connectivity index (χ2n) is 8.02. The molecule has 2 atom stereocenters. The monoisotopic (exact) mass is 404 g/mol. The Bertz CT molecular complexity index is 1070. The third-order valence-electron chi connectivity index (χ3n) is 5.08. The van der Waals surface area contributed by atoms with Crippen molar-refractivity contribution in [3.05, 3.63) is 59.3 Å². The quantitative estimate of drug-likeness (QED) is 0.478. The number of aryl methyl sites for hydroxylation is 1. The number of ether oxygens (including phenoxy) is 1. The van der Waals surface area contributed by atoms with Crippen LogP contribution >= 0.6 is 0 Å². The van der Waals surface area contributed by atoms with Crippen LogP contribution in [-0.2, 0) is 4.79 Å². The molecule has 0 saturated carbocycles. The minimum absolute atomic E-state index is 0.0129. The van der Waals surface area contributed by atoms with Gasteiger partial charge in [0.05, 0.1) is 24.1 Å². The molecule has 0 spiro atoms. The van der Waals surface area contributed by atoms with E-state index in [1.807, 2.05) is 30.5 Å². The SMILES string of the molecule is CC#CC(CC(=O)O)c1ccc(OC(CC(C)C)c2cc(C)c3[nH]ncc3c2)cc1. The Morgan fingerprint density at radius 2 is 1.93 bits per heavy atom. The first-order valence-corrected chi connectivity index (χ1v) is 10.2. The summed E-state index contributed by atoms with van der Waals surface area (Å²) in [5.74, 6) is 5.86. The van der Waals surface area contributed by atoms with Crippen LogP contribution in [0.15, 0.2) is 42.6 Å². The molecule has 1 aromatic heterocycles. The van der Waals surface area contributed by atoms with Crippen LogP contribution in [0.25, 0.3) is 10.9 Å². The Hall–Kier alpha value is -3.26. The lowest BCUT2D eigenvalue weighted by Crippen LogP contribution is -2.11. The molecule has 0 amide bonds. The first-order chi connectivity index (χ1) is 14.4. The zero-order valence-electron chi connectivity index (χ0n) is 17.9. The number of carboxylic acid groups (broad SMARTS) is 1. The van der Waals surface area contributed by atoms with Crippen molar-refractivity contribution in [3.63, 3.8) is 0 Å². The van der Waals surface area contributed by atoms with Gasteiger partial charge >= 0.3 is 5.97 Å². The fraction of sp³-hybridized carbons (Fsp3) is 0.360. The number of hydrogen-bond donors (Lipinski definition) is 2. The molecular formula is C25H28N2O3. The number of fused-ring (bicyclic) bond motifs is 1. The summed E-state index contributed by atoms with van der Waals surface area (Å²) in [5, 5.41) is 17.4. The van der Waals surface area contributed by atoms with Gasteiger partial charge in [-0.3, -0.25) is 9.89 Å². The zero-order chi connectivity index (χ0) is 21.7. The van der Waals surface area contributed by atoms with Gasteiger partial charge in [0.1, 0.15) is 11.9 Å². The smallest absolute Gasteiger partial charge is 0.304 e. The van der Waals surface area contributed by atoms with E-state index in [0.717, 1.165) is 39.8 Å². The van der Waals surface area contributed by atoms with Crippen LogP contribution in [0.3, 0.4) is 0 Å². The molecule has 5 nitrogen and oxygen atoms in total. The number of carboxylic acids is 1. The maximum absolute atomic E-state index is 11.1. The third-order valence-corrected chi connectivity index (χ3v) is 5.08. The molecule has 3 aromatic rings. The van der Waals surface area contributed by atoms with E-state index >= 15 is 0 Å². The second kappa shape index (κ2) is 9.49. The maximum atomic E-state index is 11.1. The van der Waals surface area contributed by atoms with E-state index in [0.29, 0.717) is 5.92 Å². The summed E-state index contributed by atoms with van der Waals surface area (Å²) in [7, 11) is 0. The minimum atomic E-state index is -0.856. The lowest BCUT2D eigenvalue weighted by molar-refractivity contribution is -0.137. The Labute approximate surface area is 177 Å². The number of hydrogen-bond acceptors (Lipinski definition) is 3. The van der Waals surface area contributed by atoms with Gasteiger partial charge in [0.15, 0.2) is 0 Å². The van der Waals surface area contributed by atoms with Gasteiger partial charge in [-0.2, -0.15) is 5.10 Å². The van der Waals surface area contributed by atoms with Gasteiger partial charge in [-0.1, -0.05) is 38.0 Å². The standard InChI is InChI=1S/C25H28N2O3/c1-5-6-19(14-24(28)29)18-7-9-22(10-8-18)30-23(11-16(2)3)20-12-17(4)25-21(13-20)15-26-27-25/h7-10,12-13,15-16,19,23H,11,14H2,1-4H3,(H,26,27)(H,28,29). The van der Waals surface area contributed by atoms with Crippen LogP contribution < -0.4 is 4.74 Å². The number of aliphatic carboxylic acids is 1. The molecule has 2 N–H and O–H groups in total. The predicted octanol–water partition coefficient (Wildman–Crippen LogP) is 5.62. The molecule has 3 rings (SSSR count). The van der Waals surface area contributed by atoms with Crippen molar-refractivity contribution in [2.45, 2.75) is 52.6 Å². The Kier molecular flexibility index (Phi) is 6.79. The van der Waals surface area contributed by atoms with E-state index < -0.39 is 5.97 Å². The molecule has 156 valence electrons. The van der Waals surface area contributed by atoms with E-state index in [4.69, 9.17) is 9.84 Å². The summed E-state index contributed by atoms with van der Waals surface area (Å²) in [4.78, 5) is 11.1. The number of aromatic amines is 1. The van der Waals surface area contributed by atoms with Crippen LogP contribution in [0.5, 0.6) is 5.75 Å². The molecule has 0 radical (unpaired) electrons. The van der Waals surface area contributed by atoms with Gasteiger partial charge in [-0.15, -0.1) is 5.92 Å². The summed E-state index contributed by atoms with van der Waals surface area (Å²) >= 11 is 0. The van der Waals surface area contributed by atoms with Gasteiger partial charge in [-0.25, -0.2) is 0 Å². The van der Waals surface area contributed by atoms with Gasteiger partial charge < -0.3 is 9.84 Å². The number of carbonyl (C=O) groups is 1. The lowest BCUT2D eigenvalue weighted by atomic mass is 9.95. The highest BCUT2D eigenvalue weighted by molar-refractivity contribution is 5.82. The molecule has 0 saturated heterocycles. The fourth-order valence-electron chi connectivity index (χ4n) is 3.67. The predicted molar refractivity (Wildman–Crippen MR) is 119 cm³/mol. The molecule has 0 fully saturated rings. The molecule has 5 heteroatoms. The molecule has 30 heavy (non-hydrogen) atoms. The van der Waals surface area contributed by atoms with E-state index in [9.17, 15) is 4.79 Å². The van der Waals surface area contributed by atoms with Crippen LogP contribution in [0, 0.1) is 24.7 Å². The average molecular weight is 405 g/mol. The van der Waals surface area contributed by atoms with Crippen molar-refractivity contribution < 1.29 is 14.6 Å². The van der Waals surface area contributed by atoms with Gasteiger partial charge in [0, 0.05) is 5.39 Å². The normalized spacial score (nSPS) is 13.0. The van der Waals surface area contributed by atoms with Crippen molar-refractivity contribution in [1.29, 1.82) is 0 Å². The first kappa shape index (κ1) is 21.4. The highest BCUT2D eigenvalue weighted by atomic mass is 16.5. The van der Waals surface area contributed by atoms with E-state index in [1.165, 1.54) is 0 Å². The van der Waals surface area contributed by atoms with E-state index in [-0.39, 0.29) is 18.4 Å². The topological polar surface area (TPSA) is 75.2 Å². The first-order valence-electron chi connectivity index (χ1n) is 10.2. The largest absolute Gasteiger partial charge is 0.486 e. The molecule has 0 aliphatic carbocycles. The molecule has 2 aromatic carbocycles. The van der Waals surface area contributed by atoms with Crippen molar-refractivity contribution in [2.75, 3.05) is 0 Å².